The minimum atomic E-state index is -0.373. The summed E-state index contributed by atoms with van der Waals surface area (Å²) in [4.78, 5) is 8.12. The second kappa shape index (κ2) is 13.9. The van der Waals surface area contributed by atoms with Gasteiger partial charge in [-0.15, -0.1) is 0 Å². The van der Waals surface area contributed by atoms with Crippen LogP contribution in [0.5, 0.6) is 0 Å². The van der Waals surface area contributed by atoms with E-state index in [2.05, 4.69) is 59.3 Å². The average molecular weight is 402 g/mol. The SMILES string of the molecule is C=C(C/C=C/C)CC(/C=C/CCS)CC(=C)NCc1ccc(F)c(/C=N/C)n1. The monoisotopic (exact) mass is 401 g/mol. The number of hydrogen-bond acceptors (Lipinski definition) is 4. The summed E-state index contributed by atoms with van der Waals surface area (Å²) >= 11 is 4.26. The van der Waals surface area contributed by atoms with Gasteiger partial charge in [0.05, 0.1) is 12.2 Å². The van der Waals surface area contributed by atoms with E-state index in [9.17, 15) is 4.39 Å². The molecule has 1 heterocycles. The smallest absolute Gasteiger partial charge is 0.150 e. The molecule has 28 heavy (non-hydrogen) atoms. The molecule has 3 nitrogen and oxygen atoms in total. The standard InChI is InChI=1S/C23H32FN3S/c1-5-6-9-18(2)14-20(10-7-8-13-28)15-19(3)26-16-21-11-12-22(24)23(27-21)17-25-4/h5-7,10-12,17,20,26,28H,2-3,8-9,13-16H2,1,4H3/b6-5+,10-7+,25-17+. The molecule has 0 fully saturated rings. The van der Waals surface area contributed by atoms with Crippen molar-refractivity contribution in [2.24, 2.45) is 10.9 Å². The maximum absolute atomic E-state index is 13.7. The minimum absolute atomic E-state index is 0.250. The van der Waals surface area contributed by atoms with Crippen molar-refractivity contribution in [3.05, 3.63) is 78.1 Å². The van der Waals surface area contributed by atoms with Gasteiger partial charge in [-0.3, -0.25) is 4.99 Å². The zero-order chi connectivity index (χ0) is 20.8. The van der Waals surface area contributed by atoms with Crippen molar-refractivity contribution in [3.63, 3.8) is 0 Å². The van der Waals surface area contributed by atoms with Gasteiger partial charge in [-0.25, -0.2) is 9.37 Å². The maximum Gasteiger partial charge on any atom is 0.150 e. The number of allylic oxidation sites excluding steroid dienone is 6. The lowest BCUT2D eigenvalue weighted by Crippen LogP contribution is -2.16. The van der Waals surface area contributed by atoms with Crippen molar-refractivity contribution in [2.75, 3.05) is 12.8 Å². The van der Waals surface area contributed by atoms with Crippen LogP contribution >= 0.6 is 12.6 Å². The van der Waals surface area contributed by atoms with Gasteiger partial charge in [-0.05, 0) is 56.4 Å². The number of pyridine rings is 1. The number of thiol groups is 1. The van der Waals surface area contributed by atoms with Crippen molar-refractivity contribution < 1.29 is 4.39 Å². The highest BCUT2D eigenvalue weighted by molar-refractivity contribution is 7.80. The molecule has 1 aromatic rings. The Morgan fingerprint density at radius 1 is 1.32 bits per heavy atom. The first kappa shape index (κ1) is 23.9. The van der Waals surface area contributed by atoms with E-state index in [1.807, 2.05) is 13.0 Å². The van der Waals surface area contributed by atoms with Gasteiger partial charge in [0.2, 0.25) is 0 Å². The second-order valence-corrected chi connectivity index (χ2v) is 7.09. The van der Waals surface area contributed by atoms with E-state index in [0.717, 1.165) is 42.8 Å². The average Bonchev–Trinajstić information content (AvgIpc) is 2.67. The molecule has 0 saturated heterocycles. The molecule has 0 radical (unpaired) electrons. The number of nitrogens with zero attached hydrogens (tertiary/aromatic N) is 2. The van der Waals surface area contributed by atoms with Gasteiger partial charge >= 0.3 is 0 Å². The van der Waals surface area contributed by atoms with Crippen molar-refractivity contribution >= 4 is 18.8 Å². The Bertz CT molecular complexity index is 723. The molecule has 0 aliphatic rings. The fourth-order valence-electron chi connectivity index (χ4n) is 2.73. The third-order valence-corrected chi connectivity index (χ3v) is 4.37. The van der Waals surface area contributed by atoms with Crippen LogP contribution in [0.2, 0.25) is 0 Å². The van der Waals surface area contributed by atoms with Gasteiger partial charge < -0.3 is 5.32 Å². The minimum Gasteiger partial charge on any atom is -0.383 e. The van der Waals surface area contributed by atoms with Crippen LogP contribution in [-0.2, 0) is 6.54 Å². The second-order valence-electron chi connectivity index (χ2n) is 6.65. The molecule has 1 unspecified atom stereocenters. The van der Waals surface area contributed by atoms with Crippen LogP contribution in [0.25, 0.3) is 0 Å². The van der Waals surface area contributed by atoms with Crippen LogP contribution in [0.1, 0.15) is 44.0 Å². The molecule has 0 spiro atoms. The van der Waals surface area contributed by atoms with E-state index in [4.69, 9.17) is 0 Å². The van der Waals surface area contributed by atoms with Gasteiger partial charge in [-0.1, -0.05) is 43.0 Å². The molecular formula is C23H32FN3S. The summed E-state index contributed by atoms with van der Waals surface area (Å²) in [6.45, 7) is 10.9. The quantitative estimate of drug-likeness (QED) is 0.254. The van der Waals surface area contributed by atoms with Crippen molar-refractivity contribution in [1.29, 1.82) is 0 Å². The predicted octanol–water partition coefficient (Wildman–Crippen LogP) is 5.67. The van der Waals surface area contributed by atoms with Crippen LogP contribution in [0, 0.1) is 11.7 Å². The summed E-state index contributed by atoms with van der Waals surface area (Å²) in [5, 5.41) is 3.31. The fourth-order valence-corrected chi connectivity index (χ4v) is 2.87. The first-order valence-corrected chi connectivity index (χ1v) is 10.2. The van der Waals surface area contributed by atoms with Gasteiger partial charge in [-0.2, -0.15) is 12.6 Å². The Morgan fingerprint density at radius 3 is 2.79 bits per heavy atom. The molecule has 152 valence electrons. The summed E-state index contributed by atoms with van der Waals surface area (Å²) < 4.78 is 13.7. The highest BCUT2D eigenvalue weighted by Crippen LogP contribution is 2.21. The topological polar surface area (TPSA) is 37.3 Å². The lowest BCUT2D eigenvalue weighted by atomic mass is 9.93. The number of halogens is 1. The molecule has 1 atom stereocenters. The molecule has 1 rings (SSSR count). The predicted molar refractivity (Wildman–Crippen MR) is 123 cm³/mol. The van der Waals surface area contributed by atoms with E-state index < -0.39 is 0 Å². The molecule has 5 heteroatoms. The molecule has 0 aromatic carbocycles. The number of aliphatic imine (C=N–C) groups is 1. The molecule has 0 bridgehead atoms. The van der Waals surface area contributed by atoms with Crippen molar-refractivity contribution in [3.8, 4) is 0 Å². The molecule has 0 saturated carbocycles. The molecular weight excluding hydrogens is 369 g/mol. The van der Waals surface area contributed by atoms with E-state index in [1.165, 1.54) is 17.9 Å². The number of nitrogens with one attached hydrogen (secondary N) is 1. The van der Waals surface area contributed by atoms with Gasteiger partial charge in [0.1, 0.15) is 11.5 Å². The van der Waals surface area contributed by atoms with Gasteiger partial charge in [0, 0.05) is 19.0 Å². The van der Waals surface area contributed by atoms with Crippen LogP contribution < -0.4 is 5.32 Å². The zero-order valence-corrected chi connectivity index (χ0v) is 17.9. The van der Waals surface area contributed by atoms with Gasteiger partial charge in [0.25, 0.3) is 0 Å². The lowest BCUT2D eigenvalue weighted by molar-refractivity contribution is 0.590. The normalized spacial score (nSPS) is 12.9. The van der Waals surface area contributed by atoms with E-state index in [1.54, 1.807) is 13.1 Å². The largest absolute Gasteiger partial charge is 0.383 e. The number of aromatic nitrogens is 1. The first-order chi connectivity index (χ1) is 13.5. The zero-order valence-electron chi connectivity index (χ0n) is 17.0. The van der Waals surface area contributed by atoms with E-state index in [0.29, 0.717) is 12.5 Å². The first-order valence-electron chi connectivity index (χ1n) is 9.54. The number of hydrogen-bond donors (Lipinski definition) is 2. The van der Waals surface area contributed by atoms with Gasteiger partial charge in [0.15, 0.2) is 0 Å². The van der Waals surface area contributed by atoms with Crippen LogP contribution in [0.3, 0.4) is 0 Å². The number of rotatable bonds is 13. The Kier molecular flexibility index (Phi) is 11.9. The summed E-state index contributed by atoms with van der Waals surface area (Å²) in [6.07, 6.45) is 13.6. The van der Waals surface area contributed by atoms with Crippen LogP contribution in [0.4, 0.5) is 4.39 Å². The van der Waals surface area contributed by atoms with E-state index in [-0.39, 0.29) is 11.5 Å². The summed E-state index contributed by atoms with van der Waals surface area (Å²) in [5.74, 6) is 0.797. The van der Waals surface area contributed by atoms with Crippen molar-refractivity contribution in [1.82, 2.24) is 10.3 Å². The summed E-state index contributed by atoms with van der Waals surface area (Å²) in [6, 6.07) is 3.09. The van der Waals surface area contributed by atoms with Crippen molar-refractivity contribution in [2.45, 2.75) is 39.2 Å². The fraction of sp³-hybridized carbons (Fsp3) is 0.391. The molecule has 1 aromatic heterocycles. The Balaban J connectivity index is 2.66. The molecule has 0 amide bonds. The van der Waals surface area contributed by atoms with Crippen LogP contribution in [0.15, 0.2) is 65.9 Å². The third-order valence-electron chi connectivity index (χ3n) is 4.11. The summed E-state index contributed by atoms with van der Waals surface area (Å²) in [5.41, 5.74) is 3.13. The summed E-state index contributed by atoms with van der Waals surface area (Å²) in [7, 11) is 1.60. The highest BCUT2D eigenvalue weighted by atomic mass is 32.1. The Hall–Kier alpha value is -2.14. The Labute approximate surface area is 174 Å². The lowest BCUT2D eigenvalue weighted by Gasteiger charge is -2.17. The van der Waals surface area contributed by atoms with Crippen LogP contribution in [-0.4, -0.2) is 24.0 Å². The molecule has 0 aliphatic carbocycles. The maximum atomic E-state index is 13.7. The highest BCUT2D eigenvalue weighted by Gasteiger charge is 2.10. The Morgan fingerprint density at radius 2 is 2.11 bits per heavy atom. The molecule has 0 aliphatic heterocycles. The third kappa shape index (κ3) is 9.70. The molecule has 1 N–H and O–H groups in total. The van der Waals surface area contributed by atoms with E-state index >= 15 is 0 Å².